The quantitative estimate of drug-likeness (QED) is 0.893. The van der Waals surface area contributed by atoms with E-state index in [-0.39, 0.29) is 24.4 Å². The molecule has 1 amide bonds. The summed E-state index contributed by atoms with van der Waals surface area (Å²) in [6.45, 7) is 0.516. The van der Waals surface area contributed by atoms with Crippen LogP contribution in [0.25, 0.3) is 0 Å². The van der Waals surface area contributed by atoms with Crippen molar-refractivity contribution < 1.29 is 9.21 Å². The summed E-state index contributed by atoms with van der Waals surface area (Å²) < 4.78 is 5.67. The Kier molecular flexibility index (Phi) is 4.83. The third kappa shape index (κ3) is 3.50. The monoisotopic (exact) mass is 308 g/mol. The number of nitrogens with two attached hydrogens (primary N) is 1. The first kappa shape index (κ1) is 13.5. The lowest BCUT2D eigenvalue weighted by Crippen LogP contribution is -2.38. The van der Waals surface area contributed by atoms with E-state index in [1.807, 2.05) is 0 Å². The van der Waals surface area contributed by atoms with Crippen LogP contribution in [0, 0.1) is 5.92 Å². The van der Waals surface area contributed by atoms with Gasteiger partial charge in [0.2, 0.25) is 0 Å². The predicted molar refractivity (Wildman–Crippen MR) is 66.7 cm³/mol. The lowest BCUT2D eigenvalue weighted by molar-refractivity contribution is 0.0921. The van der Waals surface area contributed by atoms with Crippen LogP contribution in [0.2, 0.25) is 0 Å². The third-order valence-electron chi connectivity index (χ3n) is 2.52. The van der Waals surface area contributed by atoms with Crippen molar-refractivity contribution in [2.24, 2.45) is 11.7 Å². The Morgan fingerprint density at radius 2 is 2.31 bits per heavy atom. The fraction of sp³-hybridized carbons (Fsp3) is 0.500. The van der Waals surface area contributed by atoms with Gasteiger partial charge in [-0.25, -0.2) is 0 Å². The van der Waals surface area contributed by atoms with Crippen LogP contribution in [-0.2, 0) is 0 Å². The molecule has 1 saturated carbocycles. The summed E-state index contributed by atoms with van der Waals surface area (Å²) in [5, 5.41) is 2.75. The van der Waals surface area contributed by atoms with Gasteiger partial charge in [-0.2, -0.15) is 0 Å². The van der Waals surface area contributed by atoms with Gasteiger partial charge in [0.1, 0.15) is 0 Å². The summed E-state index contributed by atoms with van der Waals surface area (Å²) in [6, 6.07) is 3.39. The van der Waals surface area contributed by atoms with E-state index in [2.05, 4.69) is 21.2 Å². The maximum absolute atomic E-state index is 11.5. The lowest BCUT2D eigenvalue weighted by Gasteiger charge is -2.10. The molecule has 90 valence electrons. The summed E-state index contributed by atoms with van der Waals surface area (Å²) in [7, 11) is 0. The standard InChI is InChI=1S/C10H13BrN2O2.ClH/c11-9-4-3-8(15-9)10(14)13-5-7(12)6-1-2-6;/h3-4,6-7H,1-2,5,12H2,(H,13,14);1H. The van der Waals surface area contributed by atoms with E-state index in [4.69, 9.17) is 10.2 Å². The van der Waals surface area contributed by atoms with Gasteiger partial charge in [-0.15, -0.1) is 12.4 Å². The highest BCUT2D eigenvalue weighted by atomic mass is 79.9. The van der Waals surface area contributed by atoms with Gasteiger partial charge in [-0.1, -0.05) is 0 Å². The first-order valence-electron chi connectivity index (χ1n) is 4.96. The average Bonchev–Trinajstić information content (AvgIpc) is 2.97. The first-order valence-corrected chi connectivity index (χ1v) is 5.75. The fourth-order valence-corrected chi connectivity index (χ4v) is 1.73. The third-order valence-corrected chi connectivity index (χ3v) is 2.95. The van der Waals surface area contributed by atoms with Crippen LogP contribution in [0.15, 0.2) is 21.2 Å². The fourth-order valence-electron chi connectivity index (χ4n) is 1.43. The van der Waals surface area contributed by atoms with Gasteiger partial charge in [-0.05, 0) is 46.8 Å². The zero-order valence-corrected chi connectivity index (χ0v) is 11.0. The second kappa shape index (κ2) is 5.70. The molecule has 1 aromatic heterocycles. The molecular formula is C10H14BrClN2O2. The number of hydrogen-bond acceptors (Lipinski definition) is 3. The molecule has 0 bridgehead atoms. The molecule has 0 aromatic carbocycles. The van der Waals surface area contributed by atoms with Gasteiger partial charge >= 0.3 is 0 Å². The molecule has 1 unspecified atom stereocenters. The molecule has 0 spiro atoms. The van der Waals surface area contributed by atoms with Crippen LogP contribution in [0.5, 0.6) is 0 Å². The number of rotatable bonds is 4. The summed E-state index contributed by atoms with van der Waals surface area (Å²) in [4.78, 5) is 11.5. The van der Waals surface area contributed by atoms with Gasteiger partial charge in [0.25, 0.3) is 5.91 Å². The van der Waals surface area contributed by atoms with Gasteiger partial charge in [0, 0.05) is 12.6 Å². The number of amides is 1. The normalized spacial score (nSPS) is 16.4. The zero-order valence-electron chi connectivity index (χ0n) is 8.61. The molecule has 1 atom stereocenters. The largest absolute Gasteiger partial charge is 0.444 e. The maximum atomic E-state index is 11.5. The van der Waals surface area contributed by atoms with Crippen LogP contribution >= 0.6 is 28.3 Å². The Bertz CT molecular complexity index is 365. The molecule has 0 aliphatic heterocycles. The minimum atomic E-state index is -0.211. The summed E-state index contributed by atoms with van der Waals surface area (Å²) in [5.41, 5.74) is 5.86. The molecule has 0 saturated heterocycles. The van der Waals surface area contributed by atoms with Crippen LogP contribution in [-0.4, -0.2) is 18.5 Å². The predicted octanol–water partition coefficient (Wildman–Crippen LogP) is 1.93. The molecule has 3 N–H and O–H groups in total. The van der Waals surface area contributed by atoms with Crippen molar-refractivity contribution >= 4 is 34.2 Å². The van der Waals surface area contributed by atoms with Crippen molar-refractivity contribution in [1.82, 2.24) is 5.32 Å². The van der Waals surface area contributed by atoms with Crippen molar-refractivity contribution in [3.05, 3.63) is 22.6 Å². The minimum Gasteiger partial charge on any atom is -0.444 e. The molecule has 1 aliphatic rings. The van der Waals surface area contributed by atoms with Crippen molar-refractivity contribution in [2.75, 3.05) is 6.54 Å². The highest BCUT2D eigenvalue weighted by Crippen LogP contribution is 2.31. The SMILES string of the molecule is Cl.NC(CNC(=O)c1ccc(Br)o1)C1CC1. The lowest BCUT2D eigenvalue weighted by atomic mass is 10.2. The zero-order chi connectivity index (χ0) is 10.8. The number of carbonyl (C=O) groups is 1. The summed E-state index contributed by atoms with van der Waals surface area (Å²) in [5.74, 6) is 0.690. The number of furan rings is 1. The van der Waals surface area contributed by atoms with Crippen LogP contribution in [0.3, 0.4) is 0 Å². The molecule has 0 radical (unpaired) electrons. The van der Waals surface area contributed by atoms with Crippen molar-refractivity contribution in [2.45, 2.75) is 18.9 Å². The molecule has 1 heterocycles. The Balaban J connectivity index is 0.00000128. The van der Waals surface area contributed by atoms with Gasteiger partial charge in [-0.3, -0.25) is 4.79 Å². The molecule has 1 fully saturated rings. The summed E-state index contributed by atoms with van der Waals surface area (Å²) in [6.07, 6.45) is 2.37. The molecule has 2 rings (SSSR count). The van der Waals surface area contributed by atoms with E-state index >= 15 is 0 Å². The van der Waals surface area contributed by atoms with Crippen LogP contribution < -0.4 is 11.1 Å². The Labute approximate surface area is 108 Å². The number of hydrogen-bond donors (Lipinski definition) is 2. The van der Waals surface area contributed by atoms with E-state index < -0.39 is 0 Å². The molecule has 16 heavy (non-hydrogen) atoms. The van der Waals surface area contributed by atoms with Gasteiger partial charge in [0.05, 0.1) is 0 Å². The van der Waals surface area contributed by atoms with E-state index in [0.717, 1.165) is 0 Å². The average molecular weight is 310 g/mol. The van der Waals surface area contributed by atoms with Crippen molar-refractivity contribution in [3.8, 4) is 0 Å². The molecule has 1 aromatic rings. The Morgan fingerprint density at radius 3 is 2.81 bits per heavy atom. The molecule has 1 aliphatic carbocycles. The highest BCUT2D eigenvalue weighted by Gasteiger charge is 2.28. The maximum Gasteiger partial charge on any atom is 0.287 e. The van der Waals surface area contributed by atoms with Crippen LogP contribution in [0.4, 0.5) is 0 Å². The van der Waals surface area contributed by atoms with Gasteiger partial charge < -0.3 is 15.5 Å². The van der Waals surface area contributed by atoms with E-state index in [1.165, 1.54) is 12.8 Å². The topological polar surface area (TPSA) is 68.3 Å². The Morgan fingerprint density at radius 1 is 1.62 bits per heavy atom. The number of halogens is 2. The number of carbonyl (C=O) groups excluding carboxylic acids is 1. The van der Waals surface area contributed by atoms with E-state index in [0.29, 0.717) is 22.9 Å². The summed E-state index contributed by atoms with van der Waals surface area (Å²) >= 11 is 3.14. The minimum absolute atomic E-state index is 0. The van der Waals surface area contributed by atoms with Crippen LogP contribution in [0.1, 0.15) is 23.4 Å². The second-order valence-electron chi connectivity index (χ2n) is 3.82. The highest BCUT2D eigenvalue weighted by molar-refractivity contribution is 9.10. The van der Waals surface area contributed by atoms with Crippen molar-refractivity contribution in [3.63, 3.8) is 0 Å². The Hall–Kier alpha value is -0.520. The van der Waals surface area contributed by atoms with Crippen molar-refractivity contribution in [1.29, 1.82) is 0 Å². The molecular weight excluding hydrogens is 295 g/mol. The first-order chi connectivity index (χ1) is 7.16. The van der Waals surface area contributed by atoms with Gasteiger partial charge in [0.15, 0.2) is 10.4 Å². The molecule has 6 heteroatoms. The number of nitrogens with one attached hydrogen (secondary N) is 1. The van der Waals surface area contributed by atoms with E-state index in [9.17, 15) is 4.79 Å². The second-order valence-corrected chi connectivity index (χ2v) is 4.60. The smallest absolute Gasteiger partial charge is 0.287 e. The van der Waals surface area contributed by atoms with E-state index in [1.54, 1.807) is 12.1 Å². The molecule has 4 nitrogen and oxygen atoms in total.